The van der Waals surface area contributed by atoms with Gasteiger partial charge in [0, 0.05) is 0 Å². The van der Waals surface area contributed by atoms with Crippen LogP contribution in [-0.2, 0) is 6.42 Å². The minimum absolute atomic E-state index is 0.00145. The molecule has 0 radical (unpaired) electrons. The van der Waals surface area contributed by atoms with Crippen molar-refractivity contribution in [1.82, 2.24) is 0 Å². The summed E-state index contributed by atoms with van der Waals surface area (Å²) in [5.41, 5.74) is 0.725. The molecule has 0 aliphatic heterocycles. The zero-order valence-electron chi connectivity index (χ0n) is 14.2. The van der Waals surface area contributed by atoms with Crippen molar-refractivity contribution in [3.8, 4) is 5.75 Å². The Bertz CT molecular complexity index is 519. The van der Waals surface area contributed by atoms with Crippen molar-refractivity contribution in [2.24, 2.45) is 5.41 Å². The first-order valence-electron chi connectivity index (χ1n) is 8.85. The smallest absolute Gasteiger partial charge is 0.200 e. The second-order valence-electron chi connectivity index (χ2n) is 6.62. The molecule has 23 heavy (non-hydrogen) atoms. The van der Waals surface area contributed by atoms with Gasteiger partial charge in [-0.15, -0.1) is 6.58 Å². The van der Waals surface area contributed by atoms with E-state index in [0.29, 0.717) is 18.6 Å². The Morgan fingerprint density at radius 3 is 2.52 bits per heavy atom. The lowest BCUT2D eigenvalue weighted by Gasteiger charge is -2.34. The van der Waals surface area contributed by atoms with E-state index in [-0.39, 0.29) is 11.2 Å². The normalized spacial score (nSPS) is 17.0. The molecule has 0 spiro atoms. The van der Waals surface area contributed by atoms with Crippen LogP contribution >= 0.6 is 0 Å². The zero-order chi connectivity index (χ0) is 16.7. The lowest BCUT2D eigenvalue weighted by Crippen LogP contribution is -2.21. The molecule has 0 unspecified atom stereocenters. The number of hydrogen-bond acceptors (Lipinski definition) is 1. The standard InChI is InChI=1S/C20H28F2O/c1-3-20(13-7-5-8-14-20)15-9-6-10-16-11-12-17(23-4-2)19(22)18(16)21/h3,11-12H,1,4-10,13-15H2,2H3. The summed E-state index contributed by atoms with van der Waals surface area (Å²) in [6.45, 7) is 6.11. The van der Waals surface area contributed by atoms with Gasteiger partial charge in [-0.2, -0.15) is 4.39 Å². The van der Waals surface area contributed by atoms with Crippen LogP contribution in [0.4, 0.5) is 8.78 Å². The Hall–Kier alpha value is -1.38. The highest BCUT2D eigenvalue weighted by molar-refractivity contribution is 5.31. The summed E-state index contributed by atoms with van der Waals surface area (Å²) in [6.07, 6.45) is 12.1. The van der Waals surface area contributed by atoms with Gasteiger partial charge < -0.3 is 4.74 Å². The summed E-state index contributed by atoms with van der Waals surface area (Å²) in [4.78, 5) is 0. The fraction of sp³-hybridized carbons (Fsp3) is 0.600. The molecule has 0 heterocycles. The monoisotopic (exact) mass is 322 g/mol. The number of benzene rings is 1. The van der Waals surface area contributed by atoms with Gasteiger partial charge in [-0.25, -0.2) is 4.39 Å². The molecule has 1 aromatic carbocycles. The Morgan fingerprint density at radius 2 is 1.87 bits per heavy atom. The van der Waals surface area contributed by atoms with Gasteiger partial charge in [0.15, 0.2) is 11.6 Å². The van der Waals surface area contributed by atoms with Crippen molar-refractivity contribution in [2.75, 3.05) is 6.61 Å². The van der Waals surface area contributed by atoms with Gasteiger partial charge in [0.25, 0.3) is 0 Å². The van der Waals surface area contributed by atoms with Gasteiger partial charge >= 0.3 is 0 Å². The Labute approximate surface area is 138 Å². The van der Waals surface area contributed by atoms with Crippen molar-refractivity contribution >= 4 is 0 Å². The number of aryl methyl sites for hydroxylation is 1. The maximum atomic E-state index is 14.0. The average molecular weight is 322 g/mol. The molecule has 3 heteroatoms. The molecule has 0 amide bonds. The first-order valence-corrected chi connectivity index (χ1v) is 8.85. The van der Waals surface area contributed by atoms with E-state index in [4.69, 9.17) is 4.74 Å². The molecule has 1 nitrogen and oxygen atoms in total. The molecular weight excluding hydrogens is 294 g/mol. The largest absolute Gasteiger partial charge is 0.491 e. The van der Waals surface area contributed by atoms with Crippen molar-refractivity contribution in [3.05, 3.63) is 42.0 Å². The summed E-state index contributed by atoms with van der Waals surface area (Å²) < 4.78 is 33.0. The number of allylic oxidation sites excluding steroid dienone is 1. The number of halogens is 2. The highest BCUT2D eigenvalue weighted by Crippen LogP contribution is 2.41. The van der Waals surface area contributed by atoms with Crippen LogP contribution in [0.5, 0.6) is 5.75 Å². The van der Waals surface area contributed by atoms with Gasteiger partial charge in [0.05, 0.1) is 6.61 Å². The van der Waals surface area contributed by atoms with E-state index in [1.807, 2.05) is 0 Å². The van der Waals surface area contributed by atoms with E-state index >= 15 is 0 Å². The Balaban J connectivity index is 1.86. The quantitative estimate of drug-likeness (QED) is 0.408. The Morgan fingerprint density at radius 1 is 1.13 bits per heavy atom. The number of ether oxygens (including phenoxy) is 1. The van der Waals surface area contributed by atoms with Crippen LogP contribution in [0.25, 0.3) is 0 Å². The second kappa shape index (κ2) is 8.47. The fourth-order valence-corrected chi connectivity index (χ4v) is 3.64. The lowest BCUT2D eigenvalue weighted by atomic mass is 9.71. The van der Waals surface area contributed by atoms with Crippen molar-refractivity contribution in [3.63, 3.8) is 0 Å². The van der Waals surface area contributed by atoms with E-state index in [0.717, 1.165) is 19.3 Å². The molecule has 1 saturated carbocycles. The highest BCUT2D eigenvalue weighted by atomic mass is 19.2. The van der Waals surface area contributed by atoms with Crippen LogP contribution in [0.15, 0.2) is 24.8 Å². The highest BCUT2D eigenvalue weighted by Gasteiger charge is 2.27. The summed E-state index contributed by atoms with van der Waals surface area (Å²) >= 11 is 0. The molecule has 0 bridgehead atoms. The molecule has 1 aliphatic rings. The minimum Gasteiger partial charge on any atom is -0.491 e. The Kier molecular flexibility index (Phi) is 6.61. The third-order valence-electron chi connectivity index (χ3n) is 5.08. The van der Waals surface area contributed by atoms with Crippen LogP contribution in [-0.4, -0.2) is 6.61 Å². The van der Waals surface area contributed by atoms with Crippen LogP contribution in [0.2, 0.25) is 0 Å². The van der Waals surface area contributed by atoms with E-state index in [2.05, 4.69) is 12.7 Å². The van der Waals surface area contributed by atoms with Gasteiger partial charge in [0.2, 0.25) is 5.82 Å². The van der Waals surface area contributed by atoms with Gasteiger partial charge in [-0.05, 0) is 56.1 Å². The van der Waals surface area contributed by atoms with E-state index in [1.54, 1.807) is 13.0 Å². The number of hydrogen-bond donors (Lipinski definition) is 0. The molecule has 2 rings (SSSR count). The van der Waals surface area contributed by atoms with Gasteiger partial charge in [0.1, 0.15) is 0 Å². The van der Waals surface area contributed by atoms with Gasteiger partial charge in [-0.3, -0.25) is 0 Å². The molecule has 0 aromatic heterocycles. The first-order chi connectivity index (χ1) is 11.1. The fourth-order valence-electron chi connectivity index (χ4n) is 3.64. The number of unbranched alkanes of at least 4 members (excludes halogenated alkanes) is 1. The summed E-state index contributed by atoms with van der Waals surface area (Å²) in [6, 6.07) is 3.18. The van der Waals surface area contributed by atoms with Crippen molar-refractivity contribution in [1.29, 1.82) is 0 Å². The van der Waals surface area contributed by atoms with Crippen LogP contribution in [0, 0.1) is 17.0 Å². The molecule has 0 N–H and O–H groups in total. The lowest BCUT2D eigenvalue weighted by molar-refractivity contribution is 0.233. The van der Waals surface area contributed by atoms with E-state index in [9.17, 15) is 8.78 Å². The first kappa shape index (κ1) is 18.0. The maximum absolute atomic E-state index is 14.0. The molecule has 128 valence electrons. The molecular formula is C20H28F2O. The average Bonchev–Trinajstić information content (AvgIpc) is 2.58. The second-order valence-corrected chi connectivity index (χ2v) is 6.62. The van der Waals surface area contributed by atoms with Crippen molar-refractivity contribution in [2.45, 2.75) is 64.7 Å². The predicted octanol–water partition coefficient (Wildman–Crippen LogP) is 6.21. The SMILES string of the molecule is C=CC1(CCCCc2ccc(OCC)c(F)c2F)CCCCC1. The predicted molar refractivity (Wildman–Crippen MR) is 90.8 cm³/mol. The molecule has 0 atom stereocenters. The summed E-state index contributed by atoms with van der Waals surface area (Å²) in [5.74, 6) is -1.62. The van der Waals surface area contributed by atoms with Crippen LogP contribution in [0.1, 0.15) is 63.9 Å². The van der Waals surface area contributed by atoms with Crippen molar-refractivity contribution < 1.29 is 13.5 Å². The number of rotatable bonds is 8. The summed E-state index contributed by atoms with van der Waals surface area (Å²) in [7, 11) is 0. The summed E-state index contributed by atoms with van der Waals surface area (Å²) in [5, 5.41) is 0. The third-order valence-corrected chi connectivity index (χ3v) is 5.08. The van der Waals surface area contributed by atoms with Crippen LogP contribution in [0.3, 0.4) is 0 Å². The topological polar surface area (TPSA) is 9.23 Å². The maximum Gasteiger partial charge on any atom is 0.200 e. The molecule has 0 saturated heterocycles. The minimum atomic E-state index is -0.862. The molecule has 1 aromatic rings. The van der Waals surface area contributed by atoms with Gasteiger partial charge in [-0.1, -0.05) is 37.8 Å². The van der Waals surface area contributed by atoms with E-state index < -0.39 is 11.6 Å². The third kappa shape index (κ3) is 4.55. The van der Waals surface area contributed by atoms with E-state index in [1.165, 1.54) is 38.2 Å². The zero-order valence-corrected chi connectivity index (χ0v) is 14.2. The molecule has 1 fully saturated rings. The molecule has 1 aliphatic carbocycles. The van der Waals surface area contributed by atoms with Crippen LogP contribution < -0.4 is 4.74 Å².